The molecule has 12 heteroatoms. The molecule has 4 rings (SSSR count). The minimum absolute atomic E-state index is 0. The number of sulfonamides is 2. The number of hydrogen-bond acceptors (Lipinski definition) is 6. The van der Waals surface area contributed by atoms with Crippen molar-refractivity contribution in [2.75, 3.05) is 10.6 Å². The summed E-state index contributed by atoms with van der Waals surface area (Å²) in [6, 6.07) is 9.26. The number of fused-ring (bicyclic) bond motifs is 2. The molecule has 0 saturated heterocycles. The maximum Gasteiger partial charge on any atom is 0.286 e. The normalized spacial score (nSPS) is 17.4. The Morgan fingerprint density at radius 3 is 1.41 bits per heavy atom. The Labute approximate surface area is 179 Å². The molecule has 0 amide bonds. The highest BCUT2D eigenvalue weighted by Gasteiger charge is 2.24. The molecule has 0 atom stereocenters. The molecule has 2 aromatic rings. The number of nitrogens with one attached hydrogen (secondary N) is 2. The van der Waals surface area contributed by atoms with Gasteiger partial charge in [-0.15, -0.1) is 8.80 Å². The highest BCUT2D eigenvalue weighted by Crippen LogP contribution is 2.30. The van der Waals surface area contributed by atoms with Gasteiger partial charge >= 0.3 is 0 Å². The number of benzene rings is 2. The van der Waals surface area contributed by atoms with Crippen molar-refractivity contribution in [1.82, 2.24) is 0 Å². The van der Waals surface area contributed by atoms with E-state index in [4.69, 9.17) is 23.2 Å². The minimum Gasteiger partial charge on any atom is -0.342 e. The molecule has 0 fully saturated rings. The standard InChI is InChI=1S/2C8H7ClN2O2S.CH4/c2*1-5-10-7-3-2-6(9)4-8(7)14(12,13)11-5;/h2*2-4H,1H3,(H,10,11);1H4. The fraction of sp³-hybridized carbons (Fsp3) is 0.176. The molecule has 0 bridgehead atoms. The van der Waals surface area contributed by atoms with E-state index in [9.17, 15) is 16.8 Å². The fourth-order valence-corrected chi connectivity index (χ4v) is 5.35. The molecular weight excluding hydrogens is 459 g/mol. The first-order valence-corrected chi connectivity index (χ1v) is 11.4. The van der Waals surface area contributed by atoms with Gasteiger partial charge in [0.05, 0.1) is 11.4 Å². The van der Waals surface area contributed by atoms with Gasteiger partial charge in [0, 0.05) is 10.0 Å². The molecule has 2 aliphatic rings. The van der Waals surface area contributed by atoms with Crippen LogP contribution < -0.4 is 10.6 Å². The highest BCUT2D eigenvalue weighted by molar-refractivity contribution is 7.90. The monoisotopic (exact) mass is 476 g/mol. The van der Waals surface area contributed by atoms with E-state index in [1.165, 1.54) is 12.1 Å². The Kier molecular flexibility index (Phi) is 6.63. The van der Waals surface area contributed by atoms with Gasteiger partial charge in [0.2, 0.25) is 0 Å². The molecule has 2 aliphatic heterocycles. The quantitative estimate of drug-likeness (QED) is 0.582. The fourth-order valence-electron chi connectivity index (χ4n) is 2.52. The zero-order chi connectivity index (χ0) is 20.7. The lowest BCUT2D eigenvalue weighted by Gasteiger charge is -2.15. The van der Waals surface area contributed by atoms with Crippen LogP contribution in [0.3, 0.4) is 0 Å². The van der Waals surface area contributed by atoms with Crippen LogP contribution in [-0.4, -0.2) is 28.5 Å². The van der Waals surface area contributed by atoms with Crippen LogP contribution in [0.2, 0.25) is 10.0 Å². The van der Waals surface area contributed by atoms with E-state index in [0.717, 1.165) is 0 Å². The van der Waals surface area contributed by atoms with Gasteiger partial charge in [-0.3, -0.25) is 0 Å². The van der Waals surface area contributed by atoms with Crippen molar-refractivity contribution in [2.24, 2.45) is 8.80 Å². The van der Waals surface area contributed by atoms with Gasteiger partial charge in [-0.25, -0.2) is 0 Å². The second kappa shape index (κ2) is 8.31. The van der Waals surface area contributed by atoms with Crippen LogP contribution in [0.4, 0.5) is 11.4 Å². The smallest absolute Gasteiger partial charge is 0.286 e. The Hall–Kier alpha value is -2.14. The summed E-state index contributed by atoms with van der Waals surface area (Å²) in [5, 5.41) is 6.47. The van der Waals surface area contributed by atoms with Crippen LogP contribution in [-0.2, 0) is 20.0 Å². The van der Waals surface area contributed by atoms with E-state index in [2.05, 4.69) is 19.4 Å². The average molecular weight is 477 g/mol. The van der Waals surface area contributed by atoms with Crippen molar-refractivity contribution >= 4 is 66.3 Å². The molecule has 0 saturated carbocycles. The zero-order valence-electron chi connectivity index (χ0n) is 14.6. The van der Waals surface area contributed by atoms with Gasteiger partial charge in [0.1, 0.15) is 21.5 Å². The minimum atomic E-state index is -3.57. The second-order valence-electron chi connectivity index (χ2n) is 5.83. The van der Waals surface area contributed by atoms with Crippen molar-refractivity contribution in [3.63, 3.8) is 0 Å². The molecule has 2 N–H and O–H groups in total. The maximum atomic E-state index is 11.5. The van der Waals surface area contributed by atoms with E-state index in [1.54, 1.807) is 38.1 Å². The molecule has 0 aliphatic carbocycles. The van der Waals surface area contributed by atoms with Crippen LogP contribution >= 0.6 is 23.2 Å². The van der Waals surface area contributed by atoms with Gasteiger partial charge in [-0.05, 0) is 50.2 Å². The van der Waals surface area contributed by atoms with Crippen LogP contribution in [0.1, 0.15) is 21.3 Å². The molecule has 29 heavy (non-hydrogen) atoms. The van der Waals surface area contributed by atoms with E-state index < -0.39 is 20.0 Å². The van der Waals surface area contributed by atoms with Crippen molar-refractivity contribution < 1.29 is 16.8 Å². The zero-order valence-corrected chi connectivity index (χ0v) is 17.7. The molecule has 156 valence electrons. The Bertz CT molecular complexity index is 1140. The summed E-state index contributed by atoms with van der Waals surface area (Å²) in [6.45, 7) is 3.18. The Balaban J connectivity index is 0.000000200. The maximum absolute atomic E-state index is 11.5. The van der Waals surface area contributed by atoms with Crippen molar-refractivity contribution in [3.05, 3.63) is 46.4 Å². The predicted octanol–water partition coefficient (Wildman–Crippen LogP) is 4.38. The average Bonchev–Trinajstić information content (AvgIpc) is 2.56. The van der Waals surface area contributed by atoms with E-state index in [0.29, 0.717) is 33.1 Å². The summed E-state index contributed by atoms with van der Waals surface area (Å²) >= 11 is 11.4. The molecule has 0 unspecified atom stereocenters. The third kappa shape index (κ3) is 5.08. The lowest BCUT2D eigenvalue weighted by atomic mass is 10.3. The lowest BCUT2D eigenvalue weighted by molar-refractivity contribution is 0.596. The molecule has 2 aromatic carbocycles. The van der Waals surface area contributed by atoms with Crippen LogP contribution in [0.15, 0.2) is 55.0 Å². The summed E-state index contributed by atoms with van der Waals surface area (Å²) in [6.07, 6.45) is 0. The lowest BCUT2D eigenvalue weighted by Crippen LogP contribution is -2.18. The number of nitrogens with zero attached hydrogens (tertiary/aromatic N) is 2. The Morgan fingerprint density at radius 1 is 0.724 bits per heavy atom. The van der Waals surface area contributed by atoms with Crippen molar-refractivity contribution in [2.45, 2.75) is 31.1 Å². The third-order valence-corrected chi connectivity index (χ3v) is 6.87. The molecule has 0 aromatic heterocycles. The molecular formula is C17H18Cl2N4O4S2. The van der Waals surface area contributed by atoms with Crippen LogP contribution in [0, 0.1) is 0 Å². The largest absolute Gasteiger partial charge is 0.342 e. The van der Waals surface area contributed by atoms with Crippen molar-refractivity contribution in [1.29, 1.82) is 0 Å². The number of hydrogen-bond donors (Lipinski definition) is 2. The predicted molar refractivity (Wildman–Crippen MR) is 117 cm³/mol. The Morgan fingerprint density at radius 2 is 1.07 bits per heavy atom. The highest BCUT2D eigenvalue weighted by atomic mass is 35.5. The SMILES string of the molecule is C.CC1=NS(=O)(=O)c2cc(Cl)ccc2N1.CC1=NS(=O)(=O)c2cc(Cl)ccc2N1. The third-order valence-electron chi connectivity index (χ3n) is 3.59. The first-order valence-electron chi connectivity index (χ1n) is 7.74. The summed E-state index contributed by atoms with van der Waals surface area (Å²) in [5.74, 6) is 0.722. The number of amidine groups is 2. The van der Waals surface area contributed by atoms with Crippen LogP contribution in [0.25, 0.3) is 0 Å². The number of anilines is 2. The summed E-state index contributed by atoms with van der Waals surface area (Å²) in [7, 11) is -7.15. The van der Waals surface area contributed by atoms with Gasteiger partial charge in [-0.2, -0.15) is 16.8 Å². The molecule has 0 radical (unpaired) electrons. The second-order valence-corrected chi connectivity index (χ2v) is 9.85. The van der Waals surface area contributed by atoms with E-state index in [1.807, 2.05) is 0 Å². The summed E-state index contributed by atoms with van der Waals surface area (Å²) in [4.78, 5) is 0.242. The molecule has 8 nitrogen and oxygen atoms in total. The number of halogens is 2. The van der Waals surface area contributed by atoms with Gasteiger partial charge in [0.15, 0.2) is 0 Å². The summed E-state index contributed by atoms with van der Waals surface area (Å²) in [5.41, 5.74) is 1.03. The number of rotatable bonds is 0. The van der Waals surface area contributed by atoms with Crippen molar-refractivity contribution in [3.8, 4) is 0 Å². The van der Waals surface area contributed by atoms with Gasteiger partial charge in [-0.1, -0.05) is 30.6 Å². The van der Waals surface area contributed by atoms with Crippen LogP contribution in [0.5, 0.6) is 0 Å². The molecule has 0 spiro atoms. The van der Waals surface area contributed by atoms with E-state index in [-0.39, 0.29) is 17.2 Å². The van der Waals surface area contributed by atoms with Gasteiger partial charge < -0.3 is 10.6 Å². The van der Waals surface area contributed by atoms with Gasteiger partial charge in [0.25, 0.3) is 20.0 Å². The first-order chi connectivity index (χ1) is 13.0. The molecule has 2 heterocycles. The topological polar surface area (TPSA) is 117 Å². The summed E-state index contributed by atoms with van der Waals surface area (Å²) < 4.78 is 53.2. The van der Waals surface area contributed by atoms with E-state index >= 15 is 0 Å². The first kappa shape index (κ1) is 23.1.